The van der Waals surface area contributed by atoms with Crippen LogP contribution >= 0.6 is 11.6 Å². The molecule has 0 unspecified atom stereocenters. The molecule has 158 valence electrons. The summed E-state index contributed by atoms with van der Waals surface area (Å²) in [6.45, 7) is 1.80. The maximum Gasteiger partial charge on any atom is 0.287 e. The Kier molecular flexibility index (Phi) is 6.08. The van der Waals surface area contributed by atoms with Gasteiger partial charge in [-0.05, 0) is 31.4 Å². The smallest absolute Gasteiger partial charge is 0.287 e. The highest BCUT2D eigenvalue weighted by atomic mass is 35.5. The molecule has 7 nitrogen and oxygen atoms in total. The summed E-state index contributed by atoms with van der Waals surface area (Å²) in [5.41, 5.74) is 1.11. The van der Waals surface area contributed by atoms with Crippen molar-refractivity contribution in [2.24, 2.45) is 5.92 Å². The maximum atomic E-state index is 12.4. The molecule has 0 saturated heterocycles. The van der Waals surface area contributed by atoms with Gasteiger partial charge >= 0.3 is 0 Å². The summed E-state index contributed by atoms with van der Waals surface area (Å²) in [4.78, 5) is 29.0. The van der Waals surface area contributed by atoms with E-state index in [0.29, 0.717) is 45.9 Å². The Morgan fingerprint density at radius 3 is 2.90 bits per heavy atom. The fourth-order valence-electron chi connectivity index (χ4n) is 3.87. The van der Waals surface area contributed by atoms with Crippen molar-refractivity contribution in [2.45, 2.75) is 52.1 Å². The summed E-state index contributed by atoms with van der Waals surface area (Å²) < 4.78 is 12.3. The Morgan fingerprint density at radius 2 is 2.10 bits per heavy atom. The van der Waals surface area contributed by atoms with Crippen LogP contribution in [0.2, 0.25) is 5.02 Å². The molecule has 1 saturated carbocycles. The lowest BCUT2D eigenvalue weighted by molar-refractivity contribution is -0.116. The van der Waals surface area contributed by atoms with E-state index in [4.69, 9.17) is 20.9 Å². The van der Waals surface area contributed by atoms with Crippen LogP contribution < -0.4 is 15.6 Å². The zero-order chi connectivity index (χ0) is 21.1. The van der Waals surface area contributed by atoms with E-state index in [-0.39, 0.29) is 18.1 Å². The molecule has 2 heterocycles. The van der Waals surface area contributed by atoms with E-state index in [1.807, 2.05) is 0 Å². The van der Waals surface area contributed by atoms with Crippen molar-refractivity contribution in [1.82, 2.24) is 9.56 Å². The van der Waals surface area contributed by atoms with Gasteiger partial charge in [0.15, 0.2) is 5.65 Å². The van der Waals surface area contributed by atoms with Gasteiger partial charge in [0.05, 0.1) is 11.4 Å². The largest absolute Gasteiger partial charge is 0.485 e. The molecule has 0 bridgehead atoms. The normalized spacial score (nSPS) is 14.3. The highest BCUT2D eigenvalue weighted by molar-refractivity contribution is 6.30. The minimum absolute atomic E-state index is 0.0410. The van der Waals surface area contributed by atoms with Gasteiger partial charge in [-0.15, -0.1) is 4.57 Å². The van der Waals surface area contributed by atoms with Gasteiger partial charge < -0.3 is 14.6 Å². The van der Waals surface area contributed by atoms with Crippen LogP contribution in [0.25, 0.3) is 5.65 Å². The monoisotopic (exact) mass is 429 g/mol. The third kappa shape index (κ3) is 4.84. The second-order valence-corrected chi connectivity index (χ2v) is 8.19. The number of anilines is 1. The van der Waals surface area contributed by atoms with Crippen molar-refractivity contribution < 1.29 is 14.1 Å². The number of aryl methyl sites for hydroxylation is 1. The Bertz CT molecular complexity index is 1120. The average Bonchev–Trinajstić information content (AvgIpc) is 3.35. The van der Waals surface area contributed by atoms with Crippen LogP contribution in [0.15, 0.2) is 39.6 Å². The average molecular weight is 430 g/mol. The number of fused-ring (bicyclic) bond motifs is 1. The van der Waals surface area contributed by atoms with Crippen LogP contribution in [-0.2, 0) is 11.4 Å². The SMILES string of the molecule is Cc1cc2nc(COc3cc(Cl)ccc3NC(=O)CCC3CCCC3)cc(=O)n2o1. The fourth-order valence-corrected chi connectivity index (χ4v) is 4.03. The number of amides is 1. The molecule has 0 radical (unpaired) electrons. The zero-order valence-corrected chi connectivity index (χ0v) is 17.6. The van der Waals surface area contributed by atoms with Gasteiger partial charge in [-0.2, -0.15) is 0 Å². The first-order valence-electron chi connectivity index (χ1n) is 10.2. The van der Waals surface area contributed by atoms with Crippen molar-refractivity contribution in [1.29, 1.82) is 0 Å². The molecule has 3 aromatic rings. The molecule has 1 fully saturated rings. The Labute approximate surface area is 179 Å². The van der Waals surface area contributed by atoms with Crippen LogP contribution in [0.1, 0.15) is 50.0 Å². The highest BCUT2D eigenvalue weighted by Gasteiger charge is 2.17. The molecular formula is C22H24ClN3O4. The van der Waals surface area contributed by atoms with Crippen molar-refractivity contribution in [2.75, 3.05) is 5.32 Å². The minimum Gasteiger partial charge on any atom is -0.485 e. The number of benzene rings is 1. The summed E-state index contributed by atoms with van der Waals surface area (Å²) in [6, 6.07) is 8.10. The number of hydrogen-bond acceptors (Lipinski definition) is 5. The van der Waals surface area contributed by atoms with E-state index >= 15 is 0 Å². The third-order valence-corrected chi connectivity index (χ3v) is 5.61. The number of nitrogens with one attached hydrogen (secondary N) is 1. The standard InChI is InChI=1S/C22H24ClN3O4/c1-14-10-20-24-17(12-22(28)26(20)30-14)13-29-19-11-16(23)7-8-18(19)25-21(27)9-6-15-4-2-3-5-15/h7-8,10-12,15H,2-6,9,13H2,1H3,(H,25,27). The van der Waals surface area contributed by atoms with E-state index in [9.17, 15) is 9.59 Å². The molecule has 1 aliphatic carbocycles. The molecule has 1 amide bonds. The number of carbonyl (C=O) groups is 1. The van der Waals surface area contributed by atoms with E-state index in [1.54, 1.807) is 31.2 Å². The number of ether oxygens (including phenoxy) is 1. The number of halogens is 1. The molecular weight excluding hydrogens is 406 g/mol. The van der Waals surface area contributed by atoms with E-state index in [1.165, 1.54) is 31.7 Å². The van der Waals surface area contributed by atoms with Crippen LogP contribution in [0.3, 0.4) is 0 Å². The number of aromatic nitrogens is 2. The summed E-state index contributed by atoms with van der Waals surface area (Å²) >= 11 is 6.11. The Hall–Kier alpha value is -2.80. The highest BCUT2D eigenvalue weighted by Crippen LogP contribution is 2.31. The van der Waals surface area contributed by atoms with Crippen LogP contribution in [0, 0.1) is 12.8 Å². The van der Waals surface area contributed by atoms with Gasteiger partial charge in [-0.25, -0.2) is 4.98 Å². The Balaban J connectivity index is 1.44. The lowest BCUT2D eigenvalue weighted by atomic mass is 10.0. The summed E-state index contributed by atoms with van der Waals surface area (Å²) in [5.74, 6) is 1.64. The van der Waals surface area contributed by atoms with E-state index in [0.717, 1.165) is 11.0 Å². The predicted molar refractivity (Wildman–Crippen MR) is 114 cm³/mol. The van der Waals surface area contributed by atoms with Crippen LogP contribution in [0.4, 0.5) is 5.69 Å². The number of carbonyl (C=O) groups excluding carboxylic acids is 1. The summed E-state index contributed by atoms with van der Waals surface area (Å²) in [7, 11) is 0. The Morgan fingerprint density at radius 1 is 1.30 bits per heavy atom. The second-order valence-electron chi connectivity index (χ2n) is 7.75. The molecule has 0 spiro atoms. The molecule has 2 aromatic heterocycles. The summed E-state index contributed by atoms with van der Waals surface area (Å²) in [6.07, 6.45) is 6.37. The van der Waals surface area contributed by atoms with Crippen molar-refractivity contribution in [3.8, 4) is 5.75 Å². The molecule has 1 aliphatic rings. The molecule has 1 N–H and O–H groups in total. The zero-order valence-electron chi connectivity index (χ0n) is 16.8. The first-order chi connectivity index (χ1) is 14.5. The lowest BCUT2D eigenvalue weighted by Crippen LogP contribution is -2.15. The minimum atomic E-state index is -0.321. The number of rotatable bonds is 7. The van der Waals surface area contributed by atoms with Gasteiger partial charge in [0.25, 0.3) is 5.56 Å². The van der Waals surface area contributed by atoms with Crippen molar-refractivity contribution in [3.63, 3.8) is 0 Å². The summed E-state index contributed by atoms with van der Waals surface area (Å²) in [5, 5.41) is 3.41. The van der Waals surface area contributed by atoms with E-state index < -0.39 is 0 Å². The van der Waals surface area contributed by atoms with Crippen molar-refractivity contribution in [3.05, 3.63) is 57.2 Å². The topological polar surface area (TPSA) is 85.8 Å². The molecule has 0 aliphatic heterocycles. The first kappa shape index (κ1) is 20.5. The van der Waals surface area contributed by atoms with Gasteiger partial charge in [-0.3, -0.25) is 9.59 Å². The van der Waals surface area contributed by atoms with Crippen LogP contribution in [-0.4, -0.2) is 15.5 Å². The maximum absolute atomic E-state index is 12.4. The fraction of sp³-hybridized carbons (Fsp3) is 0.409. The first-order valence-corrected chi connectivity index (χ1v) is 10.6. The number of nitrogens with zero attached hydrogens (tertiary/aromatic N) is 2. The third-order valence-electron chi connectivity index (χ3n) is 5.37. The van der Waals surface area contributed by atoms with Gasteiger partial charge in [-0.1, -0.05) is 37.3 Å². The van der Waals surface area contributed by atoms with Crippen molar-refractivity contribution >= 4 is 28.8 Å². The molecule has 30 heavy (non-hydrogen) atoms. The number of hydrogen-bond donors (Lipinski definition) is 1. The van der Waals surface area contributed by atoms with Gasteiger partial charge in [0, 0.05) is 29.6 Å². The molecule has 8 heteroatoms. The molecule has 4 rings (SSSR count). The van der Waals surface area contributed by atoms with Crippen LogP contribution in [0.5, 0.6) is 5.75 Å². The molecule has 1 aromatic carbocycles. The molecule has 0 atom stereocenters. The quantitative estimate of drug-likeness (QED) is 0.586. The second kappa shape index (κ2) is 8.92. The predicted octanol–water partition coefficient (Wildman–Crippen LogP) is 4.74. The van der Waals surface area contributed by atoms with E-state index in [2.05, 4.69) is 10.3 Å². The lowest BCUT2D eigenvalue weighted by Gasteiger charge is -2.14. The van der Waals surface area contributed by atoms with Gasteiger partial charge in [0.2, 0.25) is 5.91 Å². The van der Waals surface area contributed by atoms with Gasteiger partial charge in [0.1, 0.15) is 18.1 Å².